The Morgan fingerprint density at radius 1 is 1.67 bits per heavy atom. The third-order valence-electron chi connectivity index (χ3n) is 0.972. The first-order valence-corrected chi connectivity index (χ1v) is 2.91. The Kier molecular flexibility index (Phi) is 4.05. The van der Waals surface area contributed by atoms with Crippen molar-refractivity contribution >= 4 is 5.97 Å². The van der Waals surface area contributed by atoms with Crippen molar-refractivity contribution in [1.29, 1.82) is 0 Å². The van der Waals surface area contributed by atoms with Gasteiger partial charge in [-0.1, -0.05) is 0 Å². The van der Waals surface area contributed by atoms with Crippen molar-refractivity contribution in [2.75, 3.05) is 13.7 Å². The average molecular weight is 132 g/mol. The average Bonchev–Trinajstić information content (AvgIpc) is 1.87. The zero-order valence-electron chi connectivity index (χ0n) is 6.01. The van der Waals surface area contributed by atoms with Crippen LogP contribution in [0.1, 0.15) is 13.8 Å². The molecule has 0 unspecified atom stereocenters. The van der Waals surface area contributed by atoms with Crippen LogP contribution in [0.15, 0.2) is 0 Å². The number of methoxy groups -OCH3 is 1. The summed E-state index contributed by atoms with van der Waals surface area (Å²) in [6.07, 6.45) is -0.440. The van der Waals surface area contributed by atoms with E-state index in [2.05, 4.69) is 9.47 Å². The van der Waals surface area contributed by atoms with E-state index in [4.69, 9.17) is 0 Å². The summed E-state index contributed by atoms with van der Waals surface area (Å²) in [6, 6.07) is 0. The minimum absolute atomic E-state index is 0.306. The summed E-state index contributed by atoms with van der Waals surface area (Å²) in [7, 11) is 1.47. The van der Waals surface area contributed by atoms with Crippen LogP contribution in [-0.2, 0) is 14.3 Å². The summed E-state index contributed by atoms with van der Waals surface area (Å²) in [4.78, 5) is 10.6. The Hall–Kier alpha value is -0.570. The smallest absolute Gasteiger partial charge is 0.334 e. The highest BCUT2D eigenvalue weighted by molar-refractivity contribution is 5.74. The first-order valence-electron chi connectivity index (χ1n) is 2.91. The molecule has 0 aliphatic rings. The number of esters is 1. The molecule has 0 aliphatic heterocycles. The predicted molar refractivity (Wildman–Crippen MR) is 33.1 cm³/mol. The van der Waals surface area contributed by atoms with Crippen LogP contribution in [-0.4, -0.2) is 25.8 Å². The Labute approximate surface area is 55.0 Å². The van der Waals surface area contributed by atoms with E-state index < -0.39 is 6.10 Å². The monoisotopic (exact) mass is 132 g/mol. The molecule has 9 heavy (non-hydrogen) atoms. The quantitative estimate of drug-likeness (QED) is 0.527. The van der Waals surface area contributed by atoms with Crippen molar-refractivity contribution in [3.63, 3.8) is 0 Å². The van der Waals surface area contributed by atoms with Crippen LogP contribution >= 0.6 is 0 Å². The van der Waals surface area contributed by atoms with Crippen LogP contribution in [0.5, 0.6) is 0 Å². The van der Waals surface area contributed by atoms with Crippen molar-refractivity contribution < 1.29 is 14.3 Å². The van der Waals surface area contributed by atoms with Crippen molar-refractivity contribution in [2.24, 2.45) is 0 Å². The highest BCUT2D eigenvalue weighted by Crippen LogP contribution is 1.90. The van der Waals surface area contributed by atoms with E-state index in [1.54, 1.807) is 13.8 Å². The minimum atomic E-state index is -0.440. The predicted octanol–water partition coefficient (Wildman–Crippen LogP) is 0.584. The standard InChI is InChI=1S/C6H12O3/c1-4-9-6(7)5(2)8-3/h5H,4H2,1-3H3/t5-/m0/s1. The van der Waals surface area contributed by atoms with E-state index in [-0.39, 0.29) is 5.97 Å². The molecule has 0 saturated carbocycles. The summed E-state index contributed by atoms with van der Waals surface area (Å²) in [5, 5.41) is 0. The molecule has 0 aliphatic carbocycles. The highest BCUT2D eigenvalue weighted by atomic mass is 16.6. The summed E-state index contributed by atoms with van der Waals surface area (Å²) in [5.41, 5.74) is 0. The first kappa shape index (κ1) is 8.43. The lowest BCUT2D eigenvalue weighted by Crippen LogP contribution is -2.21. The van der Waals surface area contributed by atoms with Gasteiger partial charge in [0.1, 0.15) is 0 Å². The number of ether oxygens (including phenoxy) is 2. The fraction of sp³-hybridized carbons (Fsp3) is 0.833. The molecule has 0 rings (SSSR count). The second-order valence-corrected chi connectivity index (χ2v) is 1.63. The molecule has 0 spiro atoms. The van der Waals surface area contributed by atoms with E-state index in [0.29, 0.717) is 6.61 Å². The van der Waals surface area contributed by atoms with Gasteiger partial charge in [0.05, 0.1) is 6.61 Å². The van der Waals surface area contributed by atoms with Crippen LogP contribution in [0.4, 0.5) is 0 Å². The zero-order chi connectivity index (χ0) is 7.28. The first-order chi connectivity index (χ1) is 4.22. The van der Waals surface area contributed by atoms with Crippen LogP contribution in [0.3, 0.4) is 0 Å². The molecule has 3 nitrogen and oxygen atoms in total. The van der Waals surface area contributed by atoms with E-state index in [9.17, 15) is 4.79 Å². The summed E-state index contributed by atoms with van der Waals surface area (Å²) in [5.74, 6) is -0.306. The molecule has 0 fully saturated rings. The Balaban J connectivity index is 3.46. The Morgan fingerprint density at radius 2 is 2.22 bits per heavy atom. The summed E-state index contributed by atoms with van der Waals surface area (Å²) < 4.78 is 9.32. The molecule has 0 radical (unpaired) electrons. The fourth-order valence-electron chi connectivity index (χ4n) is 0.356. The lowest BCUT2D eigenvalue weighted by Gasteiger charge is -2.06. The topological polar surface area (TPSA) is 35.5 Å². The van der Waals surface area contributed by atoms with E-state index >= 15 is 0 Å². The number of hydrogen-bond donors (Lipinski definition) is 0. The van der Waals surface area contributed by atoms with Crippen molar-refractivity contribution in [1.82, 2.24) is 0 Å². The van der Waals surface area contributed by atoms with Crippen LogP contribution in [0.2, 0.25) is 0 Å². The molecular weight excluding hydrogens is 120 g/mol. The van der Waals surface area contributed by atoms with Gasteiger partial charge in [0.15, 0.2) is 6.10 Å². The number of rotatable bonds is 3. The van der Waals surface area contributed by atoms with Gasteiger partial charge in [0.2, 0.25) is 0 Å². The third-order valence-corrected chi connectivity index (χ3v) is 0.972. The van der Waals surface area contributed by atoms with Gasteiger partial charge in [0, 0.05) is 7.11 Å². The fourth-order valence-corrected chi connectivity index (χ4v) is 0.356. The van der Waals surface area contributed by atoms with Crippen molar-refractivity contribution in [2.45, 2.75) is 20.0 Å². The molecule has 0 aromatic rings. The maximum atomic E-state index is 10.6. The molecule has 0 bridgehead atoms. The summed E-state index contributed by atoms with van der Waals surface area (Å²) in [6.45, 7) is 3.82. The largest absolute Gasteiger partial charge is 0.464 e. The molecule has 0 amide bonds. The third kappa shape index (κ3) is 3.08. The Morgan fingerprint density at radius 3 is 2.56 bits per heavy atom. The van der Waals surface area contributed by atoms with Crippen molar-refractivity contribution in [3.05, 3.63) is 0 Å². The maximum absolute atomic E-state index is 10.6. The van der Waals surface area contributed by atoms with Crippen LogP contribution in [0.25, 0.3) is 0 Å². The number of carbonyl (C=O) groups is 1. The Bertz CT molecular complexity index is 90.3. The molecular formula is C6H12O3. The van der Waals surface area contributed by atoms with Crippen LogP contribution in [0, 0.1) is 0 Å². The van der Waals surface area contributed by atoms with Gasteiger partial charge in [-0.3, -0.25) is 0 Å². The van der Waals surface area contributed by atoms with Gasteiger partial charge in [0.25, 0.3) is 0 Å². The molecule has 1 atom stereocenters. The van der Waals surface area contributed by atoms with Gasteiger partial charge in [-0.15, -0.1) is 0 Å². The van der Waals surface area contributed by atoms with Gasteiger partial charge in [-0.25, -0.2) is 4.79 Å². The van der Waals surface area contributed by atoms with Crippen LogP contribution < -0.4 is 0 Å². The number of carbonyl (C=O) groups excluding carboxylic acids is 1. The second kappa shape index (κ2) is 4.32. The minimum Gasteiger partial charge on any atom is -0.464 e. The zero-order valence-corrected chi connectivity index (χ0v) is 6.01. The van der Waals surface area contributed by atoms with Gasteiger partial charge in [-0.2, -0.15) is 0 Å². The molecule has 0 N–H and O–H groups in total. The van der Waals surface area contributed by atoms with Gasteiger partial charge >= 0.3 is 5.97 Å². The molecule has 0 heterocycles. The molecule has 0 saturated heterocycles. The van der Waals surface area contributed by atoms with E-state index in [1.807, 2.05) is 0 Å². The second-order valence-electron chi connectivity index (χ2n) is 1.63. The number of hydrogen-bond acceptors (Lipinski definition) is 3. The molecule has 0 aromatic heterocycles. The summed E-state index contributed by atoms with van der Waals surface area (Å²) >= 11 is 0. The van der Waals surface area contributed by atoms with E-state index in [1.165, 1.54) is 7.11 Å². The molecule has 54 valence electrons. The van der Waals surface area contributed by atoms with E-state index in [0.717, 1.165) is 0 Å². The maximum Gasteiger partial charge on any atom is 0.334 e. The van der Waals surface area contributed by atoms with Gasteiger partial charge in [-0.05, 0) is 13.8 Å². The normalized spacial score (nSPS) is 12.8. The van der Waals surface area contributed by atoms with Gasteiger partial charge < -0.3 is 9.47 Å². The highest BCUT2D eigenvalue weighted by Gasteiger charge is 2.10. The molecule has 3 heteroatoms. The lowest BCUT2D eigenvalue weighted by molar-refractivity contribution is -0.153. The SMILES string of the molecule is CCOC(=O)[C@H](C)OC. The van der Waals surface area contributed by atoms with Crippen molar-refractivity contribution in [3.8, 4) is 0 Å². The molecule has 0 aromatic carbocycles. The lowest BCUT2D eigenvalue weighted by atomic mass is 10.4.